The number of rotatable bonds is 6. The van der Waals surface area contributed by atoms with Gasteiger partial charge in [0.05, 0.1) is 6.42 Å². The standard InChI is InChI=1S/C22H24N2O4/c1-2-23(14-17-7-10-19-20(12-17)28-15-27-19)22(26)13-16-5-8-18(9-6-16)24-11-3-4-21(24)25/h5-10,12H,2-4,11,13-15H2,1H3. The summed E-state index contributed by atoms with van der Waals surface area (Å²) in [5.74, 6) is 1.72. The van der Waals surface area contributed by atoms with Gasteiger partial charge in [0.25, 0.3) is 0 Å². The second-order valence-corrected chi connectivity index (χ2v) is 7.09. The summed E-state index contributed by atoms with van der Waals surface area (Å²) in [6, 6.07) is 13.5. The van der Waals surface area contributed by atoms with Gasteiger partial charge < -0.3 is 19.3 Å². The summed E-state index contributed by atoms with van der Waals surface area (Å²) < 4.78 is 10.8. The molecule has 0 aliphatic carbocycles. The average molecular weight is 380 g/mol. The maximum absolute atomic E-state index is 12.8. The van der Waals surface area contributed by atoms with Crippen LogP contribution in [-0.2, 0) is 22.6 Å². The molecule has 0 saturated carbocycles. The lowest BCUT2D eigenvalue weighted by atomic mass is 10.1. The molecule has 4 rings (SSSR count). The van der Waals surface area contributed by atoms with E-state index in [9.17, 15) is 9.59 Å². The highest BCUT2D eigenvalue weighted by molar-refractivity contribution is 5.95. The number of anilines is 1. The molecular formula is C22H24N2O4. The molecule has 2 aromatic rings. The molecule has 0 bridgehead atoms. The molecule has 1 saturated heterocycles. The normalized spacial score (nSPS) is 15.2. The number of ether oxygens (including phenoxy) is 2. The smallest absolute Gasteiger partial charge is 0.231 e. The van der Waals surface area contributed by atoms with Crippen molar-refractivity contribution in [1.29, 1.82) is 0 Å². The molecule has 146 valence electrons. The Bertz CT molecular complexity index is 879. The fourth-order valence-electron chi connectivity index (χ4n) is 3.64. The Kier molecular flexibility index (Phi) is 5.19. The third-order valence-corrected chi connectivity index (χ3v) is 5.22. The van der Waals surface area contributed by atoms with Crippen molar-refractivity contribution in [3.63, 3.8) is 0 Å². The van der Waals surface area contributed by atoms with Crippen LogP contribution >= 0.6 is 0 Å². The topological polar surface area (TPSA) is 59.1 Å². The Balaban J connectivity index is 1.39. The van der Waals surface area contributed by atoms with Crippen LogP contribution in [0.3, 0.4) is 0 Å². The highest BCUT2D eigenvalue weighted by atomic mass is 16.7. The number of nitrogens with zero attached hydrogens (tertiary/aromatic N) is 2. The van der Waals surface area contributed by atoms with Gasteiger partial charge in [0, 0.05) is 31.7 Å². The van der Waals surface area contributed by atoms with E-state index in [4.69, 9.17) is 9.47 Å². The lowest BCUT2D eigenvalue weighted by molar-refractivity contribution is -0.130. The maximum atomic E-state index is 12.8. The van der Waals surface area contributed by atoms with Crippen LogP contribution in [0.5, 0.6) is 11.5 Å². The van der Waals surface area contributed by atoms with E-state index < -0.39 is 0 Å². The van der Waals surface area contributed by atoms with Crippen molar-refractivity contribution in [2.75, 3.05) is 24.8 Å². The van der Waals surface area contributed by atoms with E-state index in [1.165, 1.54) is 0 Å². The van der Waals surface area contributed by atoms with E-state index in [1.807, 2.05) is 59.2 Å². The first-order chi connectivity index (χ1) is 13.6. The minimum absolute atomic E-state index is 0.0742. The molecule has 0 unspecified atom stereocenters. The van der Waals surface area contributed by atoms with Gasteiger partial charge in [-0.25, -0.2) is 0 Å². The fourth-order valence-corrected chi connectivity index (χ4v) is 3.64. The van der Waals surface area contributed by atoms with Crippen LogP contribution < -0.4 is 14.4 Å². The molecule has 2 aromatic carbocycles. The van der Waals surface area contributed by atoms with Crippen LogP contribution in [0, 0.1) is 0 Å². The molecule has 0 aromatic heterocycles. The second kappa shape index (κ2) is 7.92. The van der Waals surface area contributed by atoms with Gasteiger partial charge in [-0.3, -0.25) is 9.59 Å². The number of fused-ring (bicyclic) bond motifs is 1. The molecule has 28 heavy (non-hydrogen) atoms. The molecule has 0 radical (unpaired) electrons. The molecular weight excluding hydrogens is 356 g/mol. The van der Waals surface area contributed by atoms with Crippen molar-refractivity contribution < 1.29 is 19.1 Å². The molecule has 2 amide bonds. The molecule has 2 heterocycles. The molecule has 0 atom stereocenters. The van der Waals surface area contributed by atoms with E-state index in [0.717, 1.165) is 41.3 Å². The van der Waals surface area contributed by atoms with Gasteiger partial charge in [-0.15, -0.1) is 0 Å². The fraction of sp³-hybridized carbons (Fsp3) is 0.364. The zero-order chi connectivity index (χ0) is 19.5. The van der Waals surface area contributed by atoms with Crippen molar-refractivity contribution in [2.45, 2.75) is 32.7 Å². The Morgan fingerprint density at radius 2 is 1.82 bits per heavy atom. The van der Waals surface area contributed by atoms with Crippen LogP contribution in [-0.4, -0.2) is 36.6 Å². The van der Waals surface area contributed by atoms with Crippen molar-refractivity contribution >= 4 is 17.5 Å². The number of amides is 2. The van der Waals surface area contributed by atoms with Gasteiger partial charge in [0.1, 0.15) is 0 Å². The highest BCUT2D eigenvalue weighted by Crippen LogP contribution is 2.32. The summed E-state index contributed by atoms with van der Waals surface area (Å²) >= 11 is 0. The van der Waals surface area contributed by atoms with Crippen molar-refractivity contribution in [3.05, 3.63) is 53.6 Å². The van der Waals surface area contributed by atoms with Crippen LogP contribution in [0.1, 0.15) is 30.9 Å². The summed E-state index contributed by atoms with van der Waals surface area (Å²) in [6.45, 7) is 4.16. The largest absolute Gasteiger partial charge is 0.454 e. The summed E-state index contributed by atoms with van der Waals surface area (Å²) in [4.78, 5) is 28.3. The van der Waals surface area contributed by atoms with Crippen molar-refractivity contribution in [1.82, 2.24) is 4.90 Å². The van der Waals surface area contributed by atoms with Crippen LogP contribution in [0.25, 0.3) is 0 Å². The van der Waals surface area contributed by atoms with E-state index in [1.54, 1.807) is 0 Å². The van der Waals surface area contributed by atoms with E-state index >= 15 is 0 Å². The Hall–Kier alpha value is -3.02. The minimum Gasteiger partial charge on any atom is -0.454 e. The number of carbonyl (C=O) groups is 2. The molecule has 2 aliphatic rings. The summed E-state index contributed by atoms with van der Waals surface area (Å²) in [6.07, 6.45) is 1.86. The third kappa shape index (κ3) is 3.81. The number of hydrogen-bond donors (Lipinski definition) is 0. The zero-order valence-electron chi connectivity index (χ0n) is 16.0. The molecule has 6 nitrogen and oxygen atoms in total. The van der Waals surface area contributed by atoms with Crippen molar-refractivity contribution in [3.8, 4) is 11.5 Å². The number of hydrogen-bond acceptors (Lipinski definition) is 4. The van der Waals surface area contributed by atoms with Crippen molar-refractivity contribution in [2.24, 2.45) is 0 Å². The van der Waals surface area contributed by atoms with Gasteiger partial charge in [0.2, 0.25) is 18.6 Å². The van der Waals surface area contributed by atoms with E-state index in [0.29, 0.717) is 25.9 Å². The van der Waals surface area contributed by atoms with Gasteiger partial charge in [-0.05, 0) is 48.7 Å². The Labute approximate surface area is 164 Å². The van der Waals surface area contributed by atoms with Gasteiger partial charge in [0.15, 0.2) is 11.5 Å². The lowest BCUT2D eigenvalue weighted by Crippen LogP contribution is -2.31. The van der Waals surface area contributed by atoms with Crippen LogP contribution in [0.4, 0.5) is 5.69 Å². The highest BCUT2D eigenvalue weighted by Gasteiger charge is 2.22. The molecule has 0 spiro atoms. The number of carbonyl (C=O) groups excluding carboxylic acids is 2. The molecule has 6 heteroatoms. The van der Waals surface area contributed by atoms with Crippen LogP contribution in [0.2, 0.25) is 0 Å². The Morgan fingerprint density at radius 1 is 1.07 bits per heavy atom. The van der Waals surface area contributed by atoms with Gasteiger partial charge >= 0.3 is 0 Å². The summed E-state index contributed by atoms with van der Waals surface area (Å²) in [7, 11) is 0. The summed E-state index contributed by atoms with van der Waals surface area (Å²) in [5.41, 5.74) is 2.87. The van der Waals surface area contributed by atoms with E-state index in [2.05, 4.69) is 0 Å². The predicted molar refractivity (Wildman–Crippen MR) is 105 cm³/mol. The first-order valence-corrected chi connectivity index (χ1v) is 9.69. The monoisotopic (exact) mass is 380 g/mol. The van der Waals surface area contributed by atoms with E-state index in [-0.39, 0.29) is 18.6 Å². The Morgan fingerprint density at radius 3 is 2.54 bits per heavy atom. The lowest BCUT2D eigenvalue weighted by Gasteiger charge is -2.21. The maximum Gasteiger partial charge on any atom is 0.231 e. The first-order valence-electron chi connectivity index (χ1n) is 9.69. The average Bonchev–Trinajstić information content (AvgIpc) is 3.35. The summed E-state index contributed by atoms with van der Waals surface area (Å²) in [5, 5.41) is 0. The molecule has 1 fully saturated rings. The molecule has 0 N–H and O–H groups in total. The quantitative estimate of drug-likeness (QED) is 0.773. The van der Waals surface area contributed by atoms with Gasteiger partial charge in [-0.2, -0.15) is 0 Å². The third-order valence-electron chi connectivity index (χ3n) is 5.22. The molecule has 2 aliphatic heterocycles. The van der Waals surface area contributed by atoms with Crippen LogP contribution in [0.15, 0.2) is 42.5 Å². The number of likely N-dealkylation sites (N-methyl/N-ethyl adjacent to an activating group) is 1. The second-order valence-electron chi connectivity index (χ2n) is 7.09. The van der Waals surface area contributed by atoms with Gasteiger partial charge in [-0.1, -0.05) is 18.2 Å². The number of benzene rings is 2. The first kappa shape index (κ1) is 18.3. The zero-order valence-corrected chi connectivity index (χ0v) is 16.0. The SMILES string of the molecule is CCN(Cc1ccc2c(c1)OCO2)C(=O)Cc1ccc(N2CCCC2=O)cc1. The predicted octanol–water partition coefficient (Wildman–Crippen LogP) is 3.13. The minimum atomic E-state index is 0.0742.